The molecule has 3 heteroatoms. The molecule has 1 rings (SSSR count). The topological polar surface area (TPSA) is 46.3 Å². The molecule has 1 aromatic rings. The number of nitrogens with two attached hydrogens (primary N) is 1. The van der Waals surface area contributed by atoms with Crippen molar-refractivity contribution in [1.29, 1.82) is 0 Å². The van der Waals surface area contributed by atoms with Gasteiger partial charge in [-0.25, -0.2) is 0 Å². The fraction of sp³-hybridized carbons (Fsp3) is 0.533. The molecule has 0 aromatic heterocycles. The van der Waals surface area contributed by atoms with Crippen LogP contribution in [0.15, 0.2) is 30.3 Å². The number of rotatable bonds is 7. The van der Waals surface area contributed by atoms with E-state index in [1.807, 2.05) is 44.0 Å². The van der Waals surface area contributed by atoms with E-state index in [1.54, 1.807) is 0 Å². The van der Waals surface area contributed by atoms with E-state index in [0.29, 0.717) is 6.54 Å². The van der Waals surface area contributed by atoms with Gasteiger partial charge >= 0.3 is 0 Å². The predicted octanol–water partition coefficient (Wildman–Crippen LogP) is 1.62. The molecule has 2 N–H and O–H groups in total. The van der Waals surface area contributed by atoms with Gasteiger partial charge in [0.15, 0.2) is 0 Å². The van der Waals surface area contributed by atoms with Gasteiger partial charge in [0.25, 0.3) is 0 Å². The van der Waals surface area contributed by atoms with E-state index in [0.717, 1.165) is 6.42 Å². The number of hydrogen-bond donors (Lipinski definition) is 1. The van der Waals surface area contributed by atoms with Crippen molar-refractivity contribution in [2.75, 3.05) is 13.6 Å². The molecule has 0 aliphatic carbocycles. The standard InChI is InChI=1S/C15H23N2O/c1-12(2)15(11-18)17(3)10-14(16)9-13-7-5-4-6-8-13/h4-8,12,14-15H,9-10,16H2,1-3H3/t14-,15+/m0/s1. The Hall–Kier alpha value is -1.19. The van der Waals surface area contributed by atoms with Crippen molar-refractivity contribution in [2.24, 2.45) is 11.7 Å². The molecule has 2 atom stereocenters. The van der Waals surface area contributed by atoms with Crippen molar-refractivity contribution < 1.29 is 4.79 Å². The monoisotopic (exact) mass is 247 g/mol. The second kappa shape index (κ2) is 7.29. The highest BCUT2D eigenvalue weighted by Crippen LogP contribution is 2.08. The van der Waals surface area contributed by atoms with Crippen LogP contribution >= 0.6 is 0 Å². The summed E-state index contributed by atoms with van der Waals surface area (Å²) in [5, 5.41) is 0. The van der Waals surface area contributed by atoms with E-state index in [4.69, 9.17) is 5.73 Å². The van der Waals surface area contributed by atoms with E-state index in [1.165, 1.54) is 5.56 Å². The van der Waals surface area contributed by atoms with E-state index >= 15 is 0 Å². The first kappa shape index (κ1) is 14.9. The third-order valence-electron chi connectivity index (χ3n) is 3.09. The minimum atomic E-state index is -0.174. The van der Waals surface area contributed by atoms with Gasteiger partial charge in [0.2, 0.25) is 6.29 Å². The van der Waals surface area contributed by atoms with Crippen LogP contribution in [0.2, 0.25) is 0 Å². The van der Waals surface area contributed by atoms with Gasteiger partial charge in [-0.3, -0.25) is 9.69 Å². The van der Waals surface area contributed by atoms with Gasteiger partial charge in [0.05, 0.1) is 6.04 Å². The molecule has 0 unspecified atom stereocenters. The van der Waals surface area contributed by atoms with E-state index in [2.05, 4.69) is 18.4 Å². The summed E-state index contributed by atoms with van der Waals surface area (Å²) in [4.78, 5) is 12.9. The zero-order chi connectivity index (χ0) is 13.5. The average molecular weight is 247 g/mol. The van der Waals surface area contributed by atoms with Gasteiger partial charge < -0.3 is 5.73 Å². The predicted molar refractivity (Wildman–Crippen MR) is 75.1 cm³/mol. The van der Waals surface area contributed by atoms with Crippen LogP contribution in [0.3, 0.4) is 0 Å². The quantitative estimate of drug-likeness (QED) is 0.796. The van der Waals surface area contributed by atoms with Crippen LogP contribution in [-0.4, -0.2) is 36.9 Å². The number of carbonyl (C=O) groups excluding carboxylic acids is 1. The first-order valence-electron chi connectivity index (χ1n) is 6.42. The minimum absolute atomic E-state index is 0.0343. The molecule has 0 heterocycles. The van der Waals surface area contributed by atoms with Crippen LogP contribution in [0, 0.1) is 5.92 Å². The summed E-state index contributed by atoms with van der Waals surface area (Å²) < 4.78 is 0. The lowest BCUT2D eigenvalue weighted by molar-refractivity contribution is 0.229. The molecule has 0 aliphatic heterocycles. The number of hydrogen-bond acceptors (Lipinski definition) is 3. The molecule has 3 nitrogen and oxygen atoms in total. The van der Waals surface area contributed by atoms with Crippen LogP contribution in [-0.2, 0) is 11.2 Å². The molecule has 0 saturated heterocycles. The van der Waals surface area contributed by atoms with Gasteiger partial charge in [-0.1, -0.05) is 44.2 Å². The molecule has 0 fully saturated rings. The summed E-state index contributed by atoms with van der Waals surface area (Å²) >= 11 is 0. The van der Waals surface area contributed by atoms with Crippen LogP contribution < -0.4 is 5.73 Å². The molecule has 0 spiro atoms. The third kappa shape index (κ3) is 4.59. The zero-order valence-electron chi connectivity index (χ0n) is 11.5. The molecule has 0 saturated carbocycles. The molecular formula is C15H23N2O. The van der Waals surface area contributed by atoms with Crippen molar-refractivity contribution >= 4 is 6.29 Å². The first-order valence-corrected chi connectivity index (χ1v) is 6.42. The highest BCUT2D eigenvalue weighted by Gasteiger charge is 2.20. The van der Waals surface area contributed by atoms with E-state index < -0.39 is 0 Å². The molecule has 1 aromatic carbocycles. The lowest BCUT2D eigenvalue weighted by Crippen LogP contribution is -2.44. The summed E-state index contributed by atoms with van der Waals surface area (Å²) in [6.45, 7) is 4.75. The second-order valence-electron chi connectivity index (χ2n) is 5.20. The maximum Gasteiger partial charge on any atom is 0.217 e. The van der Waals surface area contributed by atoms with Gasteiger partial charge in [0, 0.05) is 12.6 Å². The van der Waals surface area contributed by atoms with E-state index in [-0.39, 0.29) is 18.0 Å². The summed E-state index contributed by atoms with van der Waals surface area (Å²) in [5.41, 5.74) is 7.36. The Balaban J connectivity index is 2.49. The molecule has 0 bridgehead atoms. The Morgan fingerprint density at radius 1 is 1.28 bits per heavy atom. The smallest absolute Gasteiger partial charge is 0.217 e. The van der Waals surface area contributed by atoms with Gasteiger partial charge in [-0.2, -0.15) is 0 Å². The Bertz CT molecular complexity index is 351. The van der Waals surface area contributed by atoms with Crippen LogP contribution in [0.5, 0.6) is 0 Å². The Morgan fingerprint density at radius 2 is 1.89 bits per heavy atom. The number of nitrogens with zero attached hydrogens (tertiary/aromatic N) is 1. The Labute approximate surface area is 110 Å². The van der Waals surface area contributed by atoms with Crippen molar-refractivity contribution in [2.45, 2.75) is 32.4 Å². The van der Waals surface area contributed by atoms with Crippen LogP contribution in [0.25, 0.3) is 0 Å². The summed E-state index contributed by atoms with van der Waals surface area (Å²) in [5.74, 6) is 0.261. The fourth-order valence-corrected chi connectivity index (χ4v) is 2.20. The molecular weight excluding hydrogens is 224 g/mol. The third-order valence-corrected chi connectivity index (χ3v) is 3.09. The maximum atomic E-state index is 10.9. The number of benzene rings is 1. The molecule has 99 valence electrons. The molecule has 18 heavy (non-hydrogen) atoms. The largest absolute Gasteiger partial charge is 0.326 e. The normalized spacial score (nSPS) is 14.8. The van der Waals surface area contributed by atoms with Gasteiger partial charge in [-0.15, -0.1) is 0 Å². The Kier molecular flexibility index (Phi) is 6.02. The lowest BCUT2D eigenvalue weighted by atomic mass is 10.0. The fourth-order valence-electron chi connectivity index (χ4n) is 2.20. The zero-order valence-corrected chi connectivity index (χ0v) is 11.5. The average Bonchev–Trinajstić information content (AvgIpc) is 2.30. The molecule has 0 amide bonds. The highest BCUT2D eigenvalue weighted by molar-refractivity contribution is 5.58. The van der Waals surface area contributed by atoms with Crippen molar-refractivity contribution in [3.8, 4) is 0 Å². The van der Waals surface area contributed by atoms with Gasteiger partial charge in [-0.05, 0) is 24.9 Å². The Morgan fingerprint density at radius 3 is 2.39 bits per heavy atom. The second-order valence-corrected chi connectivity index (χ2v) is 5.20. The van der Waals surface area contributed by atoms with E-state index in [9.17, 15) is 4.79 Å². The van der Waals surface area contributed by atoms with Crippen molar-refractivity contribution in [3.05, 3.63) is 35.9 Å². The SMILES string of the molecule is CC(C)[C@@H]([C]=O)N(C)C[C@@H](N)Cc1ccccc1. The highest BCUT2D eigenvalue weighted by atomic mass is 16.1. The first-order chi connectivity index (χ1) is 8.54. The van der Waals surface area contributed by atoms with Crippen LogP contribution in [0.4, 0.5) is 0 Å². The summed E-state index contributed by atoms with van der Waals surface area (Å²) in [6.07, 6.45) is 2.92. The van der Waals surface area contributed by atoms with Crippen LogP contribution in [0.1, 0.15) is 19.4 Å². The maximum absolute atomic E-state index is 10.9. The molecule has 0 aliphatic rings. The number of likely N-dealkylation sites (N-methyl/N-ethyl adjacent to an activating group) is 1. The van der Waals surface area contributed by atoms with Crippen molar-refractivity contribution in [1.82, 2.24) is 4.90 Å². The summed E-state index contributed by atoms with van der Waals surface area (Å²) in [6, 6.07) is 10.0. The summed E-state index contributed by atoms with van der Waals surface area (Å²) in [7, 11) is 1.93. The van der Waals surface area contributed by atoms with Gasteiger partial charge in [0.1, 0.15) is 0 Å². The lowest BCUT2D eigenvalue weighted by Gasteiger charge is -2.28. The minimum Gasteiger partial charge on any atom is -0.326 e. The molecule has 1 radical (unpaired) electrons. The van der Waals surface area contributed by atoms with Crippen molar-refractivity contribution in [3.63, 3.8) is 0 Å².